The number of ether oxygens (including phenoxy) is 1. The van der Waals surface area contributed by atoms with Crippen LogP contribution in [0.5, 0.6) is 0 Å². The first-order valence-electron chi connectivity index (χ1n) is 10.9. The Morgan fingerprint density at radius 3 is 1.94 bits per heavy atom. The molecule has 1 N–H and O–H groups in total. The van der Waals surface area contributed by atoms with Gasteiger partial charge in [-0.1, -0.05) is 92.7 Å². The Bertz CT molecular complexity index is 1060. The molecule has 1 atom stereocenters. The van der Waals surface area contributed by atoms with Crippen LogP contribution in [0.3, 0.4) is 0 Å². The summed E-state index contributed by atoms with van der Waals surface area (Å²) in [6.07, 6.45) is -0.614. The summed E-state index contributed by atoms with van der Waals surface area (Å²) < 4.78 is 5.78. The quantitative estimate of drug-likeness (QED) is 0.535. The van der Waals surface area contributed by atoms with E-state index in [1.165, 1.54) is 4.90 Å². The van der Waals surface area contributed by atoms with E-state index < -0.39 is 18.1 Å². The van der Waals surface area contributed by atoms with Crippen LogP contribution in [0.1, 0.15) is 36.5 Å². The molecule has 1 aliphatic rings. The zero-order valence-electron chi connectivity index (χ0n) is 18.3. The molecule has 164 valence electrons. The summed E-state index contributed by atoms with van der Waals surface area (Å²) in [7, 11) is 0. The minimum atomic E-state index is -1.04. The average molecular weight is 430 g/mol. The van der Waals surface area contributed by atoms with Crippen LogP contribution < -0.4 is 0 Å². The van der Waals surface area contributed by atoms with E-state index in [0.717, 1.165) is 27.8 Å². The molecule has 0 saturated heterocycles. The van der Waals surface area contributed by atoms with Gasteiger partial charge in [0.2, 0.25) is 0 Å². The molecule has 3 aromatic carbocycles. The number of rotatable bonds is 7. The van der Waals surface area contributed by atoms with Gasteiger partial charge in [-0.25, -0.2) is 9.59 Å². The highest BCUT2D eigenvalue weighted by molar-refractivity contribution is 5.81. The number of aliphatic carboxylic acids is 1. The maximum atomic E-state index is 13.2. The molecular formula is C27H27NO4. The van der Waals surface area contributed by atoms with Crippen molar-refractivity contribution in [3.05, 3.63) is 95.6 Å². The lowest BCUT2D eigenvalue weighted by Crippen LogP contribution is -2.48. The van der Waals surface area contributed by atoms with Crippen molar-refractivity contribution < 1.29 is 19.4 Å². The number of nitrogens with zero attached hydrogens (tertiary/aromatic N) is 1. The Balaban J connectivity index is 1.58. The molecule has 0 saturated carbocycles. The molecule has 5 nitrogen and oxygen atoms in total. The first-order chi connectivity index (χ1) is 15.5. The Morgan fingerprint density at radius 2 is 1.41 bits per heavy atom. The predicted molar refractivity (Wildman–Crippen MR) is 123 cm³/mol. The van der Waals surface area contributed by atoms with Gasteiger partial charge in [0, 0.05) is 12.5 Å². The SMILES string of the molecule is CC(C)[C@H](C(=O)O)N(Cc1ccccc1)C(=O)OCC1c2ccccc2-c2ccccc21. The van der Waals surface area contributed by atoms with Gasteiger partial charge in [0.1, 0.15) is 12.6 Å². The highest BCUT2D eigenvalue weighted by atomic mass is 16.6. The van der Waals surface area contributed by atoms with Gasteiger partial charge >= 0.3 is 12.1 Å². The van der Waals surface area contributed by atoms with Crippen LogP contribution in [0.15, 0.2) is 78.9 Å². The fourth-order valence-corrected chi connectivity index (χ4v) is 4.51. The van der Waals surface area contributed by atoms with Crippen LogP contribution in [0.4, 0.5) is 4.79 Å². The molecule has 3 aromatic rings. The molecule has 0 unspecified atom stereocenters. The van der Waals surface area contributed by atoms with Crippen molar-refractivity contribution in [3.8, 4) is 11.1 Å². The van der Waals surface area contributed by atoms with E-state index in [-0.39, 0.29) is 25.0 Å². The number of benzene rings is 3. The molecule has 0 aromatic heterocycles. The second kappa shape index (κ2) is 9.27. The normalized spacial score (nSPS) is 13.3. The maximum Gasteiger partial charge on any atom is 0.410 e. The maximum absolute atomic E-state index is 13.2. The second-order valence-electron chi connectivity index (χ2n) is 8.44. The zero-order valence-corrected chi connectivity index (χ0v) is 18.3. The Kier molecular flexibility index (Phi) is 6.26. The highest BCUT2D eigenvalue weighted by Crippen LogP contribution is 2.44. The smallest absolute Gasteiger partial charge is 0.410 e. The minimum absolute atomic E-state index is 0.0766. The van der Waals surface area contributed by atoms with E-state index in [2.05, 4.69) is 24.3 Å². The molecule has 5 heteroatoms. The average Bonchev–Trinajstić information content (AvgIpc) is 3.11. The summed E-state index contributed by atoms with van der Waals surface area (Å²) in [4.78, 5) is 26.6. The molecule has 32 heavy (non-hydrogen) atoms. The third-order valence-electron chi connectivity index (χ3n) is 5.99. The third-order valence-corrected chi connectivity index (χ3v) is 5.99. The van der Waals surface area contributed by atoms with Gasteiger partial charge in [0.05, 0.1) is 0 Å². The van der Waals surface area contributed by atoms with Crippen molar-refractivity contribution in [2.75, 3.05) is 6.61 Å². The molecule has 0 radical (unpaired) electrons. The fourth-order valence-electron chi connectivity index (χ4n) is 4.51. The molecule has 0 heterocycles. The summed E-state index contributed by atoms with van der Waals surface area (Å²) >= 11 is 0. The van der Waals surface area contributed by atoms with Crippen LogP contribution in [-0.2, 0) is 16.1 Å². The lowest BCUT2D eigenvalue weighted by atomic mass is 9.98. The Labute approximate surface area is 188 Å². The molecule has 1 amide bonds. The molecule has 0 fully saturated rings. The summed E-state index contributed by atoms with van der Waals surface area (Å²) in [5.74, 6) is -1.38. The number of carboxylic acid groups (broad SMARTS) is 1. The number of carbonyl (C=O) groups is 2. The van der Waals surface area contributed by atoms with E-state index in [0.29, 0.717) is 0 Å². The van der Waals surface area contributed by atoms with E-state index in [1.54, 1.807) is 13.8 Å². The number of hydrogen-bond donors (Lipinski definition) is 1. The number of carboxylic acids is 1. The summed E-state index contributed by atoms with van der Waals surface area (Å²) in [5.41, 5.74) is 5.39. The minimum Gasteiger partial charge on any atom is -0.480 e. The van der Waals surface area contributed by atoms with Crippen molar-refractivity contribution in [2.24, 2.45) is 5.92 Å². The van der Waals surface area contributed by atoms with Gasteiger partial charge in [-0.2, -0.15) is 0 Å². The van der Waals surface area contributed by atoms with Crippen molar-refractivity contribution in [3.63, 3.8) is 0 Å². The zero-order chi connectivity index (χ0) is 22.7. The van der Waals surface area contributed by atoms with Gasteiger partial charge in [-0.3, -0.25) is 4.90 Å². The lowest BCUT2D eigenvalue weighted by Gasteiger charge is -2.31. The van der Waals surface area contributed by atoms with Crippen molar-refractivity contribution in [1.29, 1.82) is 0 Å². The molecular weight excluding hydrogens is 402 g/mol. The van der Waals surface area contributed by atoms with E-state index in [4.69, 9.17) is 4.74 Å². The standard InChI is InChI=1S/C27H27NO4/c1-18(2)25(26(29)30)28(16-19-10-4-3-5-11-19)27(31)32-17-24-22-14-8-6-12-20(22)21-13-7-9-15-23(21)24/h3-15,18,24-25H,16-17H2,1-2H3,(H,29,30)/t25-/m1/s1. The van der Waals surface area contributed by atoms with E-state index >= 15 is 0 Å². The van der Waals surface area contributed by atoms with Gasteiger partial charge in [-0.15, -0.1) is 0 Å². The Morgan fingerprint density at radius 1 is 0.875 bits per heavy atom. The lowest BCUT2D eigenvalue weighted by molar-refractivity contribution is -0.144. The first kappa shape index (κ1) is 21.6. The third kappa shape index (κ3) is 4.24. The monoisotopic (exact) mass is 429 g/mol. The molecule has 1 aliphatic carbocycles. The molecule has 4 rings (SSSR count). The van der Waals surface area contributed by atoms with E-state index in [9.17, 15) is 14.7 Å². The molecule has 0 spiro atoms. The van der Waals surface area contributed by atoms with Crippen LogP contribution in [0.2, 0.25) is 0 Å². The number of carbonyl (C=O) groups excluding carboxylic acids is 1. The van der Waals surface area contributed by atoms with Gasteiger partial charge in [0.15, 0.2) is 0 Å². The van der Waals surface area contributed by atoms with Gasteiger partial charge < -0.3 is 9.84 Å². The van der Waals surface area contributed by atoms with Crippen LogP contribution in [0, 0.1) is 5.92 Å². The van der Waals surface area contributed by atoms with Crippen molar-refractivity contribution in [1.82, 2.24) is 4.90 Å². The van der Waals surface area contributed by atoms with Crippen molar-refractivity contribution >= 4 is 12.1 Å². The van der Waals surface area contributed by atoms with Gasteiger partial charge in [0.25, 0.3) is 0 Å². The van der Waals surface area contributed by atoms with Crippen LogP contribution in [-0.4, -0.2) is 34.7 Å². The summed E-state index contributed by atoms with van der Waals surface area (Å²) in [6.45, 7) is 3.93. The van der Waals surface area contributed by atoms with Crippen molar-refractivity contribution in [2.45, 2.75) is 32.4 Å². The number of amides is 1. The highest BCUT2D eigenvalue weighted by Gasteiger charge is 2.35. The summed E-state index contributed by atoms with van der Waals surface area (Å²) in [6, 6.07) is 24.7. The topological polar surface area (TPSA) is 66.8 Å². The molecule has 0 aliphatic heterocycles. The second-order valence-corrected chi connectivity index (χ2v) is 8.44. The molecule has 0 bridgehead atoms. The summed E-state index contributed by atoms with van der Waals surface area (Å²) in [5, 5.41) is 9.83. The predicted octanol–water partition coefficient (Wildman–Crippen LogP) is 5.55. The van der Waals surface area contributed by atoms with Crippen LogP contribution >= 0.6 is 0 Å². The van der Waals surface area contributed by atoms with Crippen LogP contribution in [0.25, 0.3) is 11.1 Å². The largest absolute Gasteiger partial charge is 0.480 e. The van der Waals surface area contributed by atoms with Gasteiger partial charge in [-0.05, 0) is 33.7 Å². The fraction of sp³-hybridized carbons (Fsp3) is 0.259. The number of fused-ring (bicyclic) bond motifs is 3. The Hall–Kier alpha value is -3.60. The first-order valence-corrected chi connectivity index (χ1v) is 10.9. The van der Waals surface area contributed by atoms with E-state index in [1.807, 2.05) is 54.6 Å². The number of hydrogen-bond acceptors (Lipinski definition) is 3.